The summed E-state index contributed by atoms with van der Waals surface area (Å²) in [5.41, 5.74) is 1.68. The maximum absolute atomic E-state index is 12.9. The number of carbonyl (C=O) groups is 2. The highest BCUT2D eigenvalue weighted by Gasteiger charge is 2.28. The number of ether oxygens (including phenoxy) is 1. The molecule has 0 unspecified atom stereocenters. The molecule has 2 heterocycles. The lowest BCUT2D eigenvalue weighted by Crippen LogP contribution is -2.47. The van der Waals surface area contributed by atoms with Crippen LogP contribution in [0.3, 0.4) is 0 Å². The number of nitrogens with zero attached hydrogens (tertiary/aromatic N) is 5. The van der Waals surface area contributed by atoms with Crippen LogP contribution in [0.2, 0.25) is 0 Å². The van der Waals surface area contributed by atoms with Gasteiger partial charge in [-0.3, -0.25) is 14.3 Å². The van der Waals surface area contributed by atoms with E-state index in [1.54, 1.807) is 21.5 Å². The number of fused-ring (bicyclic) bond motifs is 2. The Bertz CT molecular complexity index is 903. The summed E-state index contributed by atoms with van der Waals surface area (Å²) in [6, 6.07) is 9.35. The van der Waals surface area contributed by atoms with Gasteiger partial charge in [-0.15, -0.1) is 5.10 Å². The summed E-state index contributed by atoms with van der Waals surface area (Å²) >= 11 is 0. The highest BCUT2D eigenvalue weighted by Crippen LogP contribution is 2.18. The van der Waals surface area contributed by atoms with Gasteiger partial charge in [0.05, 0.1) is 38.0 Å². The summed E-state index contributed by atoms with van der Waals surface area (Å²) in [7, 11) is 1.78. The van der Waals surface area contributed by atoms with Gasteiger partial charge in [0, 0.05) is 39.0 Å². The zero-order chi connectivity index (χ0) is 23.8. The topological polar surface area (TPSA) is 101 Å². The molecule has 9 nitrogen and oxygen atoms in total. The van der Waals surface area contributed by atoms with Crippen LogP contribution in [0.25, 0.3) is 0 Å². The van der Waals surface area contributed by atoms with E-state index < -0.39 is 0 Å². The molecule has 1 N–H and O–H groups in total. The Balaban J connectivity index is 1.75. The Labute approximate surface area is 195 Å². The maximum Gasteiger partial charge on any atom is 0.226 e. The van der Waals surface area contributed by atoms with Crippen molar-refractivity contribution in [1.29, 1.82) is 0 Å². The number of aromatic nitrogens is 3. The van der Waals surface area contributed by atoms with Gasteiger partial charge in [-0.2, -0.15) is 0 Å². The summed E-state index contributed by atoms with van der Waals surface area (Å²) in [5, 5.41) is 18.0. The lowest BCUT2D eigenvalue weighted by atomic mass is 10.0. The summed E-state index contributed by atoms with van der Waals surface area (Å²) in [5.74, 6) is -0.0662. The third-order valence-electron chi connectivity index (χ3n) is 6.12. The van der Waals surface area contributed by atoms with Gasteiger partial charge in [-0.1, -0.05) is 42.5 Å². The van der Waals surface area contributed by atoms with Gasteiger partial charge in [0.2, 0.25) is 11.8 Å². The van der Waals surface area contributed by atoms with Gasteiger partial charge in [-0.25, -0.2) is 0 Å². The zero-order valence-electron chi connectivity index (χ0n) is 19.8. The van der Waals surface area contributed by atoms with E-state index in [1.165, 1.54) is 0 Å². The van der Waals surface area contributed by atoms with Crippen LogP contribution in [0.1, 0.15) is 37.9 Å². The Kier molecular flexibility index (Phi) is 8.96. The van der Waals surface area contributed by atoms with Crippen molar-refractivity contribution in [3.05, 3.63) is 47.8 Å². The molecular weight excluding hydrogens is 422 g/mol. The molecule has 2 amide bonds. The fourth-order valence-corrected chi connectivity index (χ4v) is 3.97. The molecule has 33 heavy (non-hydrogen) atoms. The van der Waals surface area contributed by atoms with Crippen molar-refractivity contribution in [2.75, 3.05) is 26.7 Å². The largest absolute Gasteiger partial charge is 0.394 e. The minimum Gasteiger partial charge on any atom is -0.394 e. The van der Waals surface area contributed by atoms with E-state index in [2.05, 4.69) is 10.3 Å². The number of amides is 2. The minimum absolute atomic E-state index is 0.00233. The number of aliphatic hydroxyl groups is 1. The number of aryl methyl sites for hydroxylation is 1. The van der Waals surface area contributed by atoms with E-state index in [0.29, 0.717) is 38.9 Å². The summed E-state index contributed by atoms with van der Waals surface area (Å²) < 4.78 is 7.94. The van der Waals surface area contributed by atoms with Gasteiger partial charge in [0.15, 0.2) is 0 Å². The first-order valence-electron chi connectivity index (χ1n) is 11.6. The van der Waals surface area contributed by atoms with Crippen molar-refractivity contribution >= 4 is 11.8 Å². The molecule has 1 aromatic heterocycles. The van der Waals surface area contributed by atoms with Crippen molar-refractivity contribution in [3.63, 3.8) is 0 Å². The second-order valence-electron chi connectivity index (χ2n) is 8.92. The molecule has 2 aromatic rings. The third kappa shape index (κ3) is 7.10. The molecule has 0 spiro atoms. The molecule has 0 aliphatic carbocycles. The van der Waals surface area contributed by atoms with Crippen LogP contribution in [0.4, 0.5) is 0 Å². The molecule has 0 radical (unpaired) electrons. The van der Waals surface area contributed by atoms with Crippen LogP contribution in [-0.4, -0.2) is 80.6 Å². The molecule has 3 atom stereocenters. The van der Waals surface area contributed by atoms with Crippen molar-refractivity contribution < 1.29 is 19.4 Å². The van der Waals surface area contributed by atoms with Crippen LogP contribution in [-0.2, 0) is 33.9 Å². The Hall–Kier alpha value is -2.78. The second kappa shape index (κ2) is 11.9. The number of aliphatic hydroxyl groups excluding tert-OH is 1. The first kappa shape index (κ1) is 24.9. The van der Waals surface area contributed by atoms with Gasteiger partial charge < -0.3 is 19.6 Å². The molecule has 180 valence electrons. The summed E-state index contributed by atoms with van der Waals surface area (Å²) in [4.78, 5) is 29.2. The molecule has 0 saturated heterocycles. The molecule has 2 bridgehead atoms. The standard InChI is InChI=1S/C24H35N5O4/c1-18-13-29(19(2)16-30)23(31)10-7-11-28-14-21(25-26-28)17-33-22(18)15-27(3)24(32)12-20-8-5-4-6-9-20/h4-6,8-9,14,18-19,22,30H,7,10-13,15-17H2,1-3H3/t18-,19+,22-/m0/s1. The molecular formula is C24H35N5O4. The summed E-state index contributed by atoms with van der Waals surface area (Å²) in [6.45, 7) is 5.45. The number of benzene rings is 1. The first-order valence-corrected chi connectivity index (χ1v) is 11.6. The molecule has 0 saturated carbocycles. The fourth-order valence-electron chi connectivity index (χ4n) is 3.97. The lowest BCUT2D eigenvalue weighted by Gasteiger charge is -2.35. The number of likely N-dealkylation sites (N-methyl/N-ethyl adjacent to an activating group) is 1. The molecule has 9 heteroatoms. The average molecular weight is 458 g/mol. The van der Waals surface area contributed by atoms with E-state index >= 15 is 0 Å². The van der Waals surface area contributed by atoms with Gasteiger partial charge in [-0.05, 0) is 18.9 Å². The normalized spacial score (nSPS) is 21.0. The van der Waals surface area contributed by atoms with E-state index in [4.69, 9.17) is 4.74 Å². The second-order valence-corrected chi connectivity index (χ2v) is 8.92. The highest BCUT2D eigenvalue weighted by atomic mass is 16.5. The predicted octanol–water partition coefficient (Wildman–Crippen LogP) is 1.50. The van der Waals surface area contributed by atoms with Crippen LogP contribution in [0.15, 0.2) is 36.5 Å². The number of carbonyl (C=O) groups excluding carboxylic acids is 2. The van der Waals surface area contributed by atoms with Crippen LogP contribution in [0, 0.1) is 5.92 Å². The minimum atomic E-state index is -0.318. The van der Waals surface area contributed by atoms with Crippen LogP contribution < -0.4 is 0 Å². The van der Waals surface area contributed by atoms with Crippen molar-refractivity contribution in [2.24, 2.45) is 5.92 Å². The monoisotopic (exact) mass is 457 g/mol. The van der Waals surface area contributed by atoms with Crippen molar-refractivity contribution in [2.45, 2.75) is 58.4 Å². The SMILES string of the molecule is C[C@H](CO)N1C[C@H](C)[C@H](CN(C)C(=O)Cc2ccccc2)OCc2cn(nn2)CCCC1=O. The van der Waals surface area contributed by atoms with E-state index in [9.17, 15) is 14.7 Å². The smallest absolute Gasteiger partial charge is 0.226 e. The quantitative estimate of drug-likeness (QED) is 0.706. The molecule has 1 aromatic carbocycles. The van der Waals surface area contributed by atoms with Gasteiger partial charge >= 0.3 is 0 Å². The summed E-state index contributed by atoms with van der Waals surface area (Å²) in [6.07, 6.45) is 2.85. The first-order chi connectivity index (χ1) is 15.9. The number of hydrogen-bond acceptors (Lipinski definition) is 6. The number of hydrogen-bond donors (Lipinski definition) is 1. The highest BCUT2D eigenvalue weighted by molar-refractivity contribution is 5.78. The van der Waals surface area contributed by atoms with E-state index in [-0.39, 0.29) is 43.1 Å². The Morgan fingerprint density at radius 3 is 2.82 bits per heavy atom. The zero-order valence-corrected chi connectivity index (χ0v) is 19.8. The van der Waals surface area contributed by atoms with Gasteiger partial charge in [0.1, 0.15) is 5.69 Å². The fraction of sp³-hybridized carbons (Fsp3) is 0.583. The predicted molar refractivity (Wildman–Crippen MR) is 123 cm³/mol. The average Bonchev–Trinajstić information content (AvgIpc) is 3.27. The van der Waals surface area contributed by atoms with Crippen LogP contribution in [0.5, 0.6) is 0 Å². The van der Waals surface area contributed by atoms with E-state index in [1.807, 2.05) is 50.4 Å². The Morgan fingerprint density at radius 1 is 1.33 bits per heavy atom. The third-order valence-corrected chi connectivity index (χ3v) is 6.12. The molecule has 0 fully saturated rings. The molecule has 3 rings (SSSR count). The van der Waals surface area contributed by atoms with E-state index in [0.717, 1.165) is 11.3 Å². The van der Waals surface area contributed by atoms with Crippen LogP contribution >= 0.6 is 0 Å². The lowest BCUT2D eigenvalue weighted by molar-refractivity contribution is -0.138. The molecule has 1 aliphatic heterocycles. The Morgan fingerprint density at radius 2 is 2.09 bits per heavy atom. The maximum atomic E-state index is 12.9. The molecule has 1 aliphatic rings. The van der Waals surface area contributed by atoms with Crippen molar-refractivity contribution in [3.8, 4) is 0 Å². The van der Waals surface area contributed by atoms with Crippen molar-refractivity contribution in [1.82, 2.24) is 24.8 Å². The number of rotatable bonds is 6. The van der Waals surface area contributed by atoms with Gasteiger partial charge in [0.25, 0.3) is 0 Å².